The van der Waals surface area contributed by atoms with E-state index >= 15 is 0 Å². The normalized spacial score (nSPS) is 19.6. The van der Waals surface area contributed by atoms with Crippen molar-refractivity contribution >= 4 is 0 Å². The first-order chi connectivity index (χ1) is 6.86. The predicted octanol–water partition coefficient (Wildman–Crippen LogP) is 2.64. The van der Waals surface area contributed by atoms with E-state index in [0.29, 0.717) is 5.76 Å². The second-order valence-electron chi connectivity index (χ2n) is 3.01. The van der Waals surface area contributed by atoms with Gasteiger partial charge in [0.1, 0.15) is 11.5 Å². The monoisotopic (exact) mass is 185 g/mol. The molecule has 2 heterocycles. The van der Waals surface area contributed by atoms with Gasteiger partial charge < -0.3 is 4.74 Å². The molecule has 0 atom stereocenters. The van der Waals surface area contributed by atoms with E-state index in [1.807, 2.05) is 36.4 Å². The summed E-state index contributed by atoms with van der Waals surface area (Å²) in [6.07, 6.45) is 10.3. The predicted molar refractivity (Wildman–Crippen MR) is 56.0 cm³/mol. The Morgan fingerprint density at radius 1 is 1.36 bits per heavy atom. The number of allylic oxidation sites excluding steroid dienone is 4. The minimum Gasteiger partial charge on any atom is -0.456 e. The summed E-state index contributed by atoms with van der Waals surface area (Å²) in [5.74, 6) is 1.42. The summed E-state index contributed by atoms with van der Waals surface area (Å²) in [6.45, 7) is 3.79. The van der Waals surface area contributed by atoms with E-state index in [0.717, 1.165) is 17.9 Å². The van der Waals surface area contributed by atoms with Crippen LogP contribution in [0.2, 0.25) is 0 Å². The van der Waals surface area contributed by atoms with Crippen molar-refractivity contribution in [1.82, 2.24) is 4.98 Å². The number of fused-ring (bicyclic) bond motifs is 1. The molecule has 14 heavy (non-hydrogen) atoms. The molecule has 0 amide bonds. The number of hydrogen-bond acceptors (Lipinski definition) is 2. The first kappa shape index (κ1) is 8.75. The van der Waals surface area contributed by atoms with Gasteiger partial charge in [-0.05, 0) is 18.2 Å². The highest BCUT2D eigenvalue weighted by Crippen LogP contribution is 2.19. The number of nitrogens with zero attached hydrogens (tertiary/aromatic N) is 1. The lowest BCUT2D eigenvalue weighted by molar-refractivity contribution is 0.440. The number of pyridine rings is 1. The molecule has 1 aliphatic heterocycles. The van der Waals surface area contributed by atoms with Crippen LogP contribution in [0.5, 0.6) is 5.75 Å². The maximum atomic E-state index is 5.53. The minimum atomic E-state index is 0.630. The smallest absolute Gasteiger partial charge is 0.149 e. The van der Waals surface area contributed by atoms with Crippen LogP contribution in [0.25, 0.3) is 0 Å². The van der Waals surface area contributed by atoms with Crippen molar-refractivity contribution in [1.29, 1.82) is 0 Å². The van der Waals surface area contributed by atoms with Crippen molar-refractivity contribution in [2.45, 2.75) is 6.42 Å². The molecule has 0 radical (unpaired) electrons. The Morgan fingerprint density at radius 2 is 2.29 bits per heavy atom. The lowest BCUT2D eigenvalue weighted by atomic mass is 10.2. The molecule has 1 aromatic rings. The number of rotatable bonds is 0. The highest BCUT2D eigenvalue weighted by Gasteiger charge is 2.04. The Balaban J connectivity index is 2.39. The number of ether oxygens (including phenoxy) is 1. The molecule has 0 fully saturated rings. The first-order valence-electron chi connectivity index (χ1n) is 4.50. The minimum absolute atomic E-state index is 0.630. The van der Waals surface area contributed by atoms with Gasteiger partial charge in [-0.15, -0.1) is 0 Å². The average Bonchev–Trinajstić information content (AvgIpc) is 2.27. The fourth-order valence-electron chi connectivity index (χ4n) is 1.27. The van der Waals surface area contributed by atoms with Crippen LogP contribution in [0.15, 0.2) is 55.0 Å². The number of aromatic nitrogens is 1. The van der Waals surface area contributed by atoms with Crippen LogP contribution in [0, 0.1) is 0 Å². The van der Waals surface area contributed by atoms with Gasteiger partial charge >= 0.3 is 0 Å². The highest BCUT2D eigenvalue weighted by molar-refractivity contribution is 5.33. The maximum Gasteiger partial charge on any atom is 0.149 e. The summed E-state index contributed by atoms with van der Waals surface area (Å²) in [5.41, 5.74) is 0.939. The summed E-state index contributed by atoms with van der Waals surface area (Å²) >= 11 is 0. The van der Waals surface area contributed by atoms with Crippen LogP contribution in [0.3, 0.4) is 0 Å². The SMILES string of the molecule is C=C1/C=C\C=C/Cc2ncccc2O1. The Labute approximate surface area is 83.2 Å². The summed E-state index contributed by atoms with van der Waals surface area (Å²) < 4.78 is 5.53. The maximum absolute atomic E-state index is 5.53. The van der Waals surface area contributed by atoms with Gasteiger partial charge in [0.15, 0.2) is 0 Å². The lowest BCUT2D eigenvalue weighted by Gasteiger charge is -2.07. The second kappa shape index (κ2) is 3.92. The Hall–Kier alpha value is -1.83. The zero-order chi connectivity index (χ0) is 9.80. The zero-order valence-corrected chi connectivity index (χ0v) is 7.81. The summed E-state index contributed by atoms with van der Waals surface area (Å²) in [6, 6.07) is 3.76. The Kier molecular flexibility index (Phi) is 2.45. The summed E-state index contributed by atoms with van der Waals surface area (Å²) in [5, 5.41) is 0. The highest BCUT2D eigenvalue weighted by atomic mass is 16.5. The van der Waals surface area contributed by atoms with Gasteiger partial charge in [0.25, 0.3) is 0 Å². The van der Waals surface area contributed by atoms with Crippen LogP contribution < -0.4 is 4.74 Å². The third kappa shape index (κ3) is 1.91. The molecule has 0 aliphatic carbocycles. The molecule has 1 aromatic heterocycles. The summed E-state index contributed by atoms with van der Waals surface area (Å²) in [4.78, 5) is 4.25. The summed E-state index contributed by atoms with van der Waals surface area (Å²) in [7, 11) is 0. The fraction of sp³-hybridized carbons (Fsp3) is 0.0833. The molecule has 0 saturated carbocycles. The lowest BCUT2D eigenvalue weighted by Crippen LogP contribution is -1.96. The van der Waals surface area contributed by atoms with Gasteiger partial charge in [-0.1, -0.05) is 24.8 Å². The van der Waals surface area contributed by atoms with Gasteiger partial charge in [-0.2, -0.15) is 0 Å². The van der Waals surface area contributed by atoms with Gasteiger partial charge in [0.2, 0.25) is 0 Å². The molecule has 0 bridgehead atoms. The third-order valence-corrected chi connectivity index (χ3v) is 1.93. The molecule has 2 heteroatoms. The molecule has 0 spiro atoms. The topological polar surface area (TPSA) is 22.1 Å². The van der Waals surface area contributed by atoms with Crippen molar-refractivity contribution in [3.05, 3.63) is 60.7 Å². The second-order valence-corrected chi connectivity index (χ2v) is 3.01. The number of hydrogen-bond donors (Lipinski definition) is 0. The molecule has 0 N–H and O–H groups in total. The van der Waals surface area contributed by atoms with E-state index in [2.05, 4.69) is 11.6 Å². The van der Waals surface area contributed by atoms with Crippen molar-refractivity contribution < 1.29 is 4.74 Å². The standard InChI is InChI=1S/C12H11NO/c1-10-6-3-2-4-7-11-12(14-10)8-5-9-13-11/h2-6,8-9H,1,7H2/b4-2-,6-3-. The fourth-order valence-corrected chi connectivity index (χ4v) is 1.27. The van der Waals surface area contributed by atoms with E-state index in [4.69, 9.17) is 4.74 Å². The molecular formula is C12H11NO. The Morgan fingerprint density at radius 3 is 3.21 bits per heavy atom. The van der Waals surface area contributed by atoms with Crippen LogP contribution >= 0.6 is 0 Å². The molecular weight excluding hydrogens is 174 g/mol. The van der Waals surface area contributed by atoms with E-state index in [1.54, 1.807) is 6.20 Å². The zero-order valence-electron chi connectivity index (χ0n) is 7.81. The largest absolute Gasteiger partial charge is 0.456 e. The van der Waals surface area contributed by atoms with Gasteiger partial charge in [0.05, 0.1) is 5.69 Å². The molecule has 70 valence electrons. The molecule has 0 aromatic carbocycles. The van der Waals surface area contributed by atoms with Crippen molar-refractivity contribution in [2.75, 3.05) is 0 Å². The first-order valence-corrected chi connectivity index (χ1v) is 4.50. The van der Waals surface area contributed by atoms with E-state index < -0.39 is 0 Å². The van der Waals surface area contributed by atoms with E-state index in [-0.39, 0.29) is 0 Å². The molecule has 2 nitrogen and oxygen atoms in total. The molecule has 0 saturated heterocycles. The molecule has 0 unspecified atom stereocenters. The van der Waals surface area contributed by atoms with E-state index in [1.165, 1.54) is 0 Å². The Bertz CT molecular complexity index is 405. The van der Waals surface area contributed by atoms with E-state index in [9.17, 15) is 0 Å². The van der Waals surface area contributed by atoms with Gasteiger partial charge in [-0.25, -0.2) is 0 Å². The average molecular weight is 185 g/mol. The van der Waals surface area contributed by atoms with Crippen molar-refractivity contribution in [3.63, 3.8) is 0 Å². The third-order valence-electron chi connectivity index (χ3n) is 1.93. The quantitative estimate of drug-likeness (QED) is 0.620. The van der Waals surface area contributed by atoms with Crippen LogP contribution in [0.1, 0.15) is 5.69 Å². The van der Waals surface area contributed by atoms with Gasteiger partial charge in [0, 0.05) is 12.6 Å². The van der Waals surface area contributed by atoms with Crippen LogP contribution in [-0.4, -0.2) is 4.98 Å². The van der Waals surface area contributed by atoms with Crippen LogP contribution in [0.4, 0.5) is 0 Å². The molecule has 2 rings (SSSR count). The van der Waals surface area contributed by atoms with Crippen molar-refractivity contribution in [2.24, 2.45) is 0 Å². The van der Waals surface area contributed by atoms with Crippen molar-refractivity contribution in [3.8, 4) is 5.75 Å². The van der Waals surface area contributed by atoms with Gasteiger partial charge in [-0.3, -0.25) is 4.98 Å². The van der Waals surface area contributed by atoms with Crippen LogP contribution in [-0.2, 0) is 6.42 Å². The molecule has 1 aliphatic rings.